The number of nitrogens with one attached hydrogen (secondary N) is 1. The highest BCUT2D eigenvalue weighted by molar-refractivity contribution is 5.96. The first-order chi connectivity index (χ1) is 17.1. The van der Waals surface area contributed by atoms with E-state index in [2.05, 4.69) is 34.6 Å². The Kier molecular flexibility index (Phi) is 6.53. The number of carbonyl (C=O) groups is 1. The zero-order valence-corrected chi connectivity index (χ0v) is 20.1. The van der Waals surface area contributed by atoms with Gasteiger partial charge in [-0.25, -0.2) is 9.97 Å². The molecule has 1 N–H and O–H groups in total. The van der Waals surface area contributed by atoms with Crippen molar-refractivity contribution in [2.24, 2.45) is 5.92 Å². The quantitative estimate of drug-likeness (QED) is 0.263. The van der Waals surface area contributed by atoms with Gasteiger partial charge in [-0.15, -0.1) is 0 Å². The highest BCUT2D eigenvalue weighted by atomic mass is 16.1. The number of benzene rings is 2. The van der Waals surface area contributed by atoms with Crippen LogP contribution in [0.4, 0.5) is 5.82 Å². The van der Waals surface area contributed by atoms with Crippen molar-refractivity contribution < 1.29 is 4.79 Å². The van der Waals surface area contributed by atoms with Gasteiger partial charge in [0, 0.05) is 36.5 Å². The molecular formula is C29H29N5O. The van der Waals surface area contributed by atoms with Crippen LogP contribution in [0.15, 0.2) is 79.3 Å². The van der Waals surface area contributed by atoms with Crippen molar-refractivity contribution in [2.45, 2.75) is 33.1 Å². The van der Waals surface area contributed by atoms with Crippen molar-refractivity contribution in [3.05, 3.63) is 90.4 Å². The van der Waals surface area contributed by atoms with Gasteiger partial charge < -0.3 is 5.32 Å². The molecule has 0 unspecified atom stereocenters. The molecule has 3 heterocycles. The number of para-hydroxylation sites is 2. The third-order valence-electron chi connectivity index (χ3n) is 6.10. The maximum absolute atomic E-state index is 12.7. The van der Waals surface area contributed by atoms with Crippen LogP contribution >= 0.6 is 0 Å². The molecular weight excluding hydrogens is 434 g/mol. The third kappa shape index (κ3) is 4.92. The number of fused-ring (bicyclic) bond motifs is 3. The van der Waals surface area contributed by atoms with E-state index in [1.54, 1.807) is 6.20 Å². The summed E-state index contributed by atoms with van der Waals surface area (Å²) in [5.74, 6) is 1.43. The van der Waals surface area contributed by atoms with E-state index in [0.29, 0.717) is 12.3 Å². The van der Waals surface area contributed by atoms with Gasteiger partial charge >= 0.3 is 0 Å². The summed E-state index contributed by atoms with van der Waals surface area (Å²) in [5, 5.41) is 3.46. The Labute approximate surface area is 205 Å². The number of hydrogen-bond donors (Lipinski definition) is 1. The fourth-order valence-corrected chi connectivity index (χ4v) is 4.27. The molecule has 2 aromatic carbocycles. The second-order valence-electron chi connectivity index (χ2n) is 9.24. The molecule has 6 heteroatoms. The van der Waals surface area contributed by atoms with Crippen molar-refractivity contribution in [2.75, 3.05) is 11.9 Å². The van der Waals surface area contributed by atoms with Gasteiger partial charge in [0.1, 0.15) is 0 Å². The van der Waals surface area contributed by atoms with Gasteiger partial charge in [0.2, 0.25) is 0 Å². The number of ketones is 1. The number of aromatic nitrogens is 4. The van der Waals surface area contributed by atoms with E-state index >= 15 is 0 Å². The van der Waals surface area contributed by atoms with Gasteiger partial charge in [0.05, 0.1) is 22.9 Å². The Morgan fingerprint density at radius 3 is 2.60 bits per heavy atom. The lowest BCUT2D eigenvalue weighted by atomic mass is 10.0. The highest BCUT2D eigenvalue weighted by Crippen LogP contribution is 2.29. The molecule has 0 saturated carbocycles. The molecule has 35 heavy (non-hydrogen) atoms. The number of aryl methyl sites for hydroxylation is 1. The molecule has 0 spiro atoms. The number of anilines is 1. The molecule has 0 fully saturated rings. The minimum Gasteiger partial charge on any atom is -0.367 e. The van der Waals surface area contributed by atoms with Crippen molar-refractivity contribution in [1.29, 1.82) is 0 Å². The van der Waals surface area contributed by atoms with E-state index in [0.717, 1.165) is 64.3 Å². The average Bonchev–Trinajstić information content (AvgIpc) is 3.34. The lowest BCUT2D eigenvalue weighted by molar-refractivity contribution is 0.0980. The molecule has 3 aromatic heterocycles. The summed E-state index contributed by atoms with van der Waals surface area (Å²) in [6.07, 6.45) is 7.69. The van der Waals surface area contributed by atoms with Crippen LogP contribution in [0.5, 0.6) is 0 Å². The Balaban J connectivity index is 1.40. The van der Waals surface area contributed by atoms with Crippen molar-refractivity contribution in [3.8, 4) is 11.3 Å². The molecule has 0 aliphatic carbocycles. The number of imidazole rings is 1. The van der Waals surface area contributed by atoms with Crippen molar-refractivity contribution >= 4 is 28.3 Å². The molecule has 5 aromatic rings. The number of pyridine rings is 1. The molecule has 0 bridgehead atoms. The van der Waals surface area contributed by atoms with Gasteiger partial charge in [-0.05, 0) is 42.5 Å². The summed E-state index contributed by atoms with van der Waals surface area (Å²) in [7, 11) is 0. The van der Waals surface area contributed by atoms with E-state index in [4.69, 9.17) is 9.97 Å². The fraction of sp³-hybridized carbons (Fsp3) is 0.241. The van der Waals surface area contributed by atoms with Gasteiger partial charge in [-0.1, -0.05) is 56.3 Å². The van der Waals surface area contributed by atoms with Gasteiger partial charge in [0.15, 0.2) is 17.2 Å². The summed E-state index contributed by atoms with van der Waals surface area (Å²) in [6.45, 7) is 5.16. The van der Waals surface area contributed by atoms with Crippen LogP contribution in [-0.2, 0) is 6.42 Å². The predicted octanol–water partition coefficient (Wildman–Crippen LogP) is 6.22. The first-order valence-electron chi connectivity index (χ1n) is 12.1. The monoisotopic (exact) mass is 463 g/mol. The van der Waals surface area contributed by atoms with Crippen LogP contribution in [0.2, 0.25) is 0 Å². The average molecular weight is 464 g/mol. The van der Waals surface area contributed by atoms with E-state index in [1.165, 1.54) is 0 Å². The second-order valence-corrected chi connectivity index (χ2v) is 9.24. The zero-order chi connectivity index (χ0) is 24.2. The van der Waals surface area contributed by atoms with Gasteiger partial charge in [0.25, 0.3) is 0 Å². The first kappa shape index (κ1) is 22.7. The molecule has 5 rings (SSSR count). The number of hydrogen-bond acceptors (Lipinski definition) is 5. The standard InChI is InChI=1S/C29H29N5O/c1-20(2)17-31-28-29-32-19-26(34(29)25-10-4-3-9-24(25)33-28)22-12-14-23(15-13-22)27(35)11-5-7-21-8-6-16-30-18-21/h3-4,6,8-10,12-16,18-20H,5,7,11,17H2,1-2H3,(H,31,33). The van der Waals surface area contributed by atoms with Crippen LogP contribution in [0.3, 0.4) is 0 Å². The van der Waals surface area contributed by atoms with Crippen molar-refractivity contribution in [3.63, 3.8) is 0 Å². The Morgan fingerprint density at radius 2 is 1.83 bits per heavy atom. The van der Waals surface area contributed by atoms with E-state index in [-0.39, 0.29) is 5.78 Å². The predicted molar refractivity (Wildman–Crippen MR) is 141 cm³/mol. The Bertz CT molecular complexity index is 1460. The maximum atomic E-state index is 12.7. The lowest BCUT2D eigenvalue weighted by Crippen LogP contribution is -2.11. The molecule has 0 aliphatic rings. The second kappa shape index (κ2) is 10.1. The van der Waals surface area contributed by atoms with Crippen LogP contribution in [0.25, 0.3) is 27.9 Å². The number of nitrogens with zero attached hydrogens (tertiary/aromatic N) is 4. The van der Waals surface area contributed by atoms with Crippen LogP contribution in [0.1, 0.15) is 42.6 Å². The third-order valence-corrected chi connectivity index (χ3v) is 6.10. The summed E-state index contributed by atoms with van der Waals surface area (Å²) in [4.78, 5) is 26.4. The van der Waals surface area contributed by atoms with Crippen LogP contribution in [0, 0.1) is 5.92 Å². The highest BCUT2D eigenvalue weighted by Gasteiger charge is 2.15. The summed E-state index contributed by atoms with van der Waals surface area (Å²) < 4.78 is 2.15. The molecule has 0 saturated heterocycles. The normalized spacial score (nSPS) is 11.4. The molecule has 0 radical (unpaired) electrons. The largest absolute Gasteiger partial charge is 0.367 e. The molecule has 0 amide bonds. The SMILES string of the molecule is CC(C)CNc1nc2ccccc2n2c(-c3ccc(C(=O)CCCc4cccnc4)cc3)cnc12. The van der Waals surface area contributed by atoms with E-state index in [1.807, 2.05) is 67.0 Å². The zero-order valence-electron chi connectivity index (χ0n) is 20.1. The molecule has 0 atom stereocenters. The minimum atomic E-state index is 0.161. The molecule has 176 valence electrons. The van der Waals surface area contributed by atoms with Gasteiger partial charge in [-0.2, -0.15) is 0 Å². The summed E-state index contributed by atoms with van der Waals surface area (Å²) in [5.41, 5.74) is 6.59. The summed E-state index contributed by atoms with van der Waals surface area (Å²) in [6, 6.07) is 19.9. The maximum Gasteiger partial charge on any atom is 0.181 e. The van der Waals surface area contributed by atoms with Crippen molar-refractivity contribution in [1.82, 2.24) is 19.4 Å². The van der Waals surface area contributed by atoms with E-state index < -0.39 is 0 Å². The van der Waals surface area contributed by atoms with Gasteiger partial charge in [-0.3, -0.25) is 14.2 Å². The van der Waals surface area contributed by atoms with Crippen LogP contribution < -0.4 is 5.32 Å². The fourth-order valence-electron chi connectivity index (χ4n) is 4.27. The minimum absolute atomic E-state index is 0.161. The lowest BCUT2D eigenvalue weighted by Gasteiger charge is -2.13. The van der Waals surface area contributed by atoms with E-state index in [9.17, 15) is 4.79 Å². The number of rotatable bonds is 9. The molecule has 6 nitrogen and oxygen atoms in total. The summed E-state index contributed by atoms with van der Waals surface area (Å²) >= 11 is 0. The number of Topliss-reactive ketones (excluding diaryl/α,β-unsaturated/α-hetero) is 1. The topological polar surface area (TPSA) is 72.2 Å². The Morgan fingerprint density at radius 1 is 1.00 bits per heavy atom. The first-order valence-corrected chi connectivity index (χ1v) is 12.1. The van der Waals surface area contributed by atoms with Crippen LogP contribution in [-0.4, -0.2) is 31.7 Å². The number of carbonyl (C=O) groups excluding carboxylic acids is 1. The molecule has 0 aliphatic heterocycles. The Hall–Kier alpha value is -4.06. The smallest absolute Gasteiger partial charge is 0.181 e.